The summed E-state index contributed by atoms with van der Waals surface area (Å²) in [6, 6.07) is 10.9. The first-order valence-electron chi connectivity index (χ1n) is 12.4. The van der Waals surface area contributed by atoms with Crippen molar-refractivity contribution in [1.82, 2.24) is 20.4 Å². The number of nitrogens with one attached hydrogen (secondary N) is 1. The zero-order valence-corrected chi connectivity index (χ0v) is 20.4. The second-order valence-corrected chi connectivity index (χ2v) is 10.4. The van der Waals surface area contributed by atoms with Gasteiger partial charge in [0.05, 0.1) is 13.2 Å². The molecule has 1 atom stereocenters. The fourth-order valence-electron chi connectivity index (χ4n) is 5.23. The number of aryl methyl sites for hydroxylation is 2. The molecule has 0 amide bonds. The molecule has 1 saturated heterocycles. The maximum Gasteiger partial charge on any atom is 0.170 e. The van der Waals surface area contributed by atoms with E-state index in [-0.39, 0.29) is 6.04 Å². The number of rotatable bonds is 6. The zero-order valence-electron chi connectivity index (χ0n) is 19.6. The highest BCUT2D eigenvalue weighted by molar-refractivity contribution is 7.26. The lowest BCUT2D eigenvalue weighted by Gasteiger charge is -2.31. The molecular formula is C26H30N6OS. The number of ether oxygens (including phenoxy) is 1. The van der Waals surface area contributed by atoms with Gasteiger partial charge in [0.2, 0.25) is 0 Å². The second kappa shape index (κ2) is 9.43. The molecule has 0 unspecified atom stereocenters. The van der Waals surface area contributed by atoms with Crippen molar-refractivity contribution in [3.8, 4) is 0 Å². The molecule has 1 aromatic carbocycles. The Hall–Kier alpha value is -2.84. The molecule has 0 saturated carbocycles. The normalized spacial score (nSPS) is 17.1. The molecular weight excluding hydrogens is 444 g/mol. The van der Waals surface area contributed by atoms with Gasteiger partial charge in [0.15, 0.2) is 5.82 Å². The Labute approximate surface area is 203 Å². The molecule has 2 aliphatic rings. The fraction of sp³-hybridized carbons (Fsp3) is 0.462. The Bertz CT molecular complexity index is 1300. The molecule has 34 heavy (non-hydrogen) atoms. The van der Waals surface area contributed by atoms with E-state index < -0.39 is 0 Å². The van der Waals surface area contributed by atoms with E-state index >= 15 is 0 Å². The van der Waals surface area contributed by atoms with E-state index in [2.05, 4.69) is 62.9 Å². The predicted octanol–water partition coefficient (Wildman–Crippen LogP) is 4.78. The number of nitrogens with zero attached hydrogens (tertiary/aromatic N) is 5. The minimum absolute atomic E-state index is 0.274. The molecule has 0 bridgehead atoms. The Balaban J connectivity index is 1.36. The van der Waals surface area contributed by atoms with E-state index in [0.29, 0.717) is 0 Å². The maximum absolute atomic E-state index is 5.60. The summed E-state index contributed by atoms with van der Waals surface area (Å²) in [6.07, 6.45) is 6.65. The molecule has 3 aromatic heterocycles. The summed E-state index contributed by atoms with van der Waals surface area (Å²) in [6.45, 7) is 5.56. The highest BCUT2D eigenvalue weighted by atomic mass is 32.1. The van der Waals surface area contributed by atoms with Crippen LogP contribution in [0.5, 0.6) is 0 Å². The molecule has 176 valence electrons. The van der Waals surface area contributed by atoms with Crippen molar-refractivity contribution in [1.29, 1.82) is 0 Å². The summed E-state index contributed by atoms with van der Waals surface area (Å²) in [7, 11) is 0. The average molecular weight is 475 g/mol. The minimum Gasteiger partial charge on any atom is -0.378 e. The third-order valence-corrected chi connectivity index (χ3v) is 8.10. The first kappa shape index (κ1) is 21.7. The van der Waals surface area contributed by atoms with Crippen LogP contribution >= 0.6 is 11.3 Å². The van der Waals surface area contributed by atoms with Gasteiger partial charge in [-0.3, -0.25) is 0 Å². The van der Waals surface area contributed by atoms with E-state index in [0.717, 1.165) is 78.7 Å². The molecule has 4 aromatic rings. The van der Waals surface area contributed by atoms with Gasteiger partial charge >= 0.3 is 0 Å². The molecule has 1 fully saturated rings. The largest absolute Gasteiger partial charge is 0.378 e. The van der Waals surface area contributed by atoms with Crippen LogP contribution in [0.15, 0.2) is 30.3 Å². The number of pyridine rings is 1. The van der Waals surface area contributed by atoms with Gasteiger partial charge in [0.25, 0.3) is 0 Å². The summed E-state index contributed by atoms with van der Waals surface area (Å²) >= 11 is 1.70. The number of aromatic nitrogens is 4. The Morgan fingerprint density at radius 1 is 1.06 bits per heavy atom. The lowest BCUT2D eigenvalue weighted by molar-refractivity contribution is 0.122. The number of fused-ring (bicyclic) bond motifs is 5. The lowest BCUT2D eigenvalue weighted by atomic mass is 9.90. The van der Waals surface area contributed by atoms with Crippen LogP contribution in [0.3, 0.4) is 0 Å². The van der Waals surface area contributed by atoms with Gasteiger partial charge in [-0.25, -0.2) is 4.98 Å². The van der Waals surface area contributed by atoms with Crippen LogP contribution in [0.1, 0.15) is 42.9 Å². The first-order valence-corrected chi connectivity index (χ1v) is 13.2. The Morgan fingerprint density at radius 2 is 1.85 bits per heavy atom. The van der Waals surface area contributed by atoms with Crippen LogP contribution in [0, 0.1) is 0 Å². The van der Waals surface area contributed by atoms with Crippen LogP contribution < -0.4 is 10.2 Å². The van der Waals surface area contributed by atoms with Crippen LogP contribution in [-0.2, 0) is 24.0 Å². The summed E-state index contributed by atoms with van der Waals surface area (Å²) in [5, 5.41) is 17.9. The van der Waals surface area contributed by atoms with Crippen molar-refractivity contribution >= 4 is 43.4 Å². The van der Waals surface area contributed by atoms with Crippen LogP contribution in [-0.4, -0.2) is 52.7 Å². The lowest BCUT2D eigenvalue weighted by Crippen LogP contribution is -2.37. The minimum atomic E-state index is 0.274. The van der Waals surface area contributed by atoms with E-state index in [1.54, 1.807) is 11.3 Å². The monoisotopic (exact) mass is 474 g/mol. The van der Waals surface area contributed by atoms with Gasteiger partial charge in [0, 0.05) is 24.5 Å². The summed E-state index contributed by atoms with van der Waals surface area (Å²) in [5.41, 5.74) is 5.14. The maximum atomic E-state index is 5.60. The van der Waals surface area contributed by atoms with Gasteiger partial charge in [-0.2, -0.15) is 0 Å². The molecule has 1 aliphatic heterocycles. The third-order valence-electron chi connectivity index (χ3n) is 7.02. The van der Waals surface area contributed by atoms with E-state index in [1.807, 2.05) is 0 Å². The van der Waals surface area contributed by atoms with Gasteiger partial charge in [0.1, 0.15) is 20.9 Å². The fourth-order valence-corrected chi connectivity index (χ4v) is 6.31. The molecule has 4 heterocycles. The van der Waals surface area contributed by atoms with Crippen molar-refractivity contribution < 1.29 is 4.74 Å². The Kier molecular flexibility index (Phi) is 6.01. The third kappa shape index (κ3) is 4.09. The van der Waals surface area contributed by atoms with Crippen LogP contribution in [0.4, 0.5) is 11.6 Å². The summed E-state index contributed by atoms with van der Waals surface area (Å²) < 4.78 is 6.67. The smallest absolute Gasteiger partial charge is 0.170 e. The number of benzene rings is 1. The van der Waals surface area contributed by atoms with Crippen molar-refractivity contribution in [3.63, 3.8) is 0 Å². The van der Waals surface area contributed by atoms with E-state index in [4.69, 9.17) is 9.72 Å². The van der Waals surface area contributed by atoms with Gasteiger partial charge in [-0.1, -0.05) is 30.3 Å². The van der Waals surface area contributed by atoms with E-state index in [1.165, 1.54) is 34.9 Å². The summed E-state index contributed by atoms with van der Waals surface area (Å²) in [4.78, 5) is 8.68. The molecule has 6 rings (SSSR count). The van der Waals surface area contributed by atoms with Gasteiger partial charge in [-0.15, -0.1) is 21.5 Å². The first-order chi connectivity index (χ1) is 16.8. The average Bonchev–Trinajstić information content (AvgIpc) is 3.28. The van der Waals surface area contributed by atoms with Gasteiger partial charge in [-0.05, 0) is 67.4 Å². The Morgan fingerprint density at radius 3 is 2.68 bits per heavy atom. The number of thiophene rings is 1. The van der Waals surface area contributed by atoms with Crippen molar-refractivity contribution in [2.75, 3.05) is 36.5 Å². The number of anilines is 2. The summed E-state index contributed by atoms with van der Waals surface area (Å²) in [5.74, 6) is 1.98. The van der Waals surface area contributed by atoms with Gasteiger partial charge < -0.3 is 15.0 Å². The standard InChI is InChI=1S/C26H30N6OS/c1-17(11-12-18-7-3-2-4-8-18)27-24-23-22(29-31-30-24)21-19-9-5-6-10-20(19)25(28-26(21)34-23)32-13-15-33-16-14-32/h2-4,7-8,17H,5-6,9-16H2,1H3,(H,27,29,30)/t17-/m0/s1. The van der Waals surface area contributed by atoms with Crippen molar-refractivity contribution in [2.24, 2.45) is 0 Å². The van der Waals surface area contributed by atoms with Crippen LogP contribution in [0.25, 0.3) is 20.4 Å². The van der Waals surface area contributed by atoms with Crippen molar-refractivity contribution in [2.45, 2.75) is 51.5 Å². The molecule has 1 aliphatic carbocycles. The predicted molar refractivity (Wildman–Crippen MR) is 138 cm³/mol. The van der Waals surface area contributed by atoms with E-state index in [9.17, 15) is 0 Å². The molecule has 0 spiro atoms. The number of hydrogen-bond acceptors (Lipinski definition) is 8. The molecule has 8 heteroatoms. The molecule has 7 nitrogen and oxygen atoms in total. The van der Waals surface area contributed by atoms with Crippen molar-refractivity contribution in [3.05, 3.63) is 47.0 Å². The quantitative estimate of drug-likeness (QED) is 0.431. The second-order valence-electron chi connectivity index (χ2n) is 9.37. The highest BCUT2D eigenvalue weighted by Gasteiger charge is 2.26. The SMILES string of the molecule is C[C@@H](CCc1ccccc1)Nc1nnnc2c1sc1nc(N3CCOCC3)c3c(c12)CCCC3. The molecule has 0 radical (unpaired) electrons. The highest BCUT2D eigenvalue weighted by Crippen LogP contribution is 2.42. The number of morpholine rings is 1. The van der Waals surface area contributed by atoms with Crippen LogP contribution in [0.2, 0.25) is 0 Å². The topological polar surface area (TPSA) is 76.1 Å². The zero-order chi connectivity index (χ0) is 22.9. The number of hydrogen-bond donors (Lipinski definition) is 1. The molecule has 1 N–H and O–H groups in total.